The quantitative estimate of drug-likeness (QED) is 0.809. The molecular formula is C16H31N3O2. The topological polar surface area (TPSA) is 55.8 Å². The van der Waals surface area contributed by atoms with Crippen molar-refractivity contribution < 1.29 is 9.90 Å². The van der Waals surface area contributed by atoms with Crippen molar-refractivity contribution in [3.63, 3.8) is 0 Å². The van der Waals surface area contributed by atoms with Gasteiger partial charge in [-0.1, -0.05) is 6.92 Å². The molecule has 2 heterocycles. The van der Waals surface area contributed by atoms with Crippen LogP contribution < -0.4 is 5.32 Å². The molecule has 0 aliphatic carbocycles. The summed E-state index contributed by atoms with van der Waals surface area (Å²) in [7, 11) is 0. The zero-order valence-corrected chi connectivity index (χ0v) is 13.4. The van der Waals surface area contributed by atoms with E-state index in [1.54, 1.807) is 0 Å². The Morgan fingerprint density at radius 3 is 2.29 bits per heavy atom. The Balaban J connectivity index is 1.61. The van der Waals surface area contributed by atoms with Gasteiger partial charge >= 0.3 is 6.03 Å². The molecule has 0 aromatic rings. The maximum Gasteiger partial charge on any atom is 0.317 e. The third-order valence-electron chi connectivity index (χ3n) is 4.95. The summed E-state index contributed by atoms with van der Waals surface area (Å²) < 4.78 is 0. The summed E-state index contributed by atoms with van der Waals surface area (Å²) in [5, 5.41) is 12.2. The second-order valence-electron chi connectivity index (χ2n) is 6.58. The SMILES string of the molecule is CCCN1CCC(CNC(=O)N2CCC(CO)CC2)CC1. The van der Waals surface area contributed by atoms with Crippen LogP contribution in [0.3, 0.4) is 0 Å². The van der Waals surface area contributed by atoms with E-state index < -0.39 is 0 Å². The highest BCUT2D eigenvalue weighted by molar-refractivity contribution is 5.74. The first-order valence-corrected chi connectivity index (χ1v) is 8.59. The van der Waals surface area contributed by atoms with Gasteiger partial charge in [0.25, 0.3) is 0 Å². The molecule has 0 unspecified atom stereocenters. The van der Waals surface area contributed by atoms with Crippen molar-refractivity contribution in [3.05, 3.63) is 0 Å². The van der Waals surface area contributed by atoms with Crippen LogP contribution in [0.5, 0.6) is 0 Å². The average molecular weight is 297 g/mol. The number of nitrogens with one attached hydrogen (secondary N) is 1. The molecule has 5 heteroatoms. The van der Waals surface area contributed by atoms with E-state index in [1.807, 2.05) is 4.90 Å². The van der Waals surface area contributed by atoms with Gasteiger partial charge in [-0.3, -0.25) is 0 Å². The summed E-state index contributed by atoms with van der Waals surface area (Å²) in [5.41, 5.74) is 0. The highest BCUT2D eigenvalue weighted by Crippen LogP contribution is 2.18. The minimum Gasteiger partial charge on any atom is -0.396 e. The summed E-state index contributed by atoms with van der Waals surface area (Å²) in [6, 6.07) is 0.0855. The highest BCUT2D eigenvalue weighted by atomic mass is 16.3. The number of rotatable bonds is 5. The van der Waals surface area contributed by atoms with Crippen molar-refractivity contribution in [1.82, 2.24) is 15.1 Å². The fourth-order valence-corrected chi connectivity index (χ4v) is 3.39. The second-order valence-corrected chi connectivity index (χ2v) is 6.58. The zero-order chi connectivity index (χ0) is 15.1. The Bertz CT molecular complexity index is 309. The summed E-state index contributed by atoms with van der Waals surface area (Å²) in [5.74, 6) is 1.02. The Kier molecular flexibility index (Phi) is 6.77. The number of likely N-dealkylation sites (tertiary alicyclic amines) is 2. The number of aliphatic hydroxyl groups excluding tert-OH is 1. The van der Waals surface area contributed by atoms with E-state index in [4.69, 9.17) is 5.11 Å². The Labute approximate surface area is 128 Å². The number of hydrogen-bond acceptors (Lipinski definition) is 3. The molecular weight excluding hydrogens is 266 g/mol. The van der Waals surface area contributed by atoms with Crippen LogP contribution in [-0.4, -0.2) is 66.8 Å². The van der Waals surface area contributed by atoms with Crippen molar-refractivity contribution >= 4 is 6.03 Å². The fraction of sp³-hybridized carbons (Fsp3) is 0.938. The molecule has 5 nitrogen and oxygen atoms in total. The van der Waals surface area contributed by atoms with Gasteiger partial charge in [-0.05, 0) is 63.6 Å². The molecule has 2 fully saturated rings. The van der Waals surface area contributed by atoms with Crippen LogP contribution in [0.25, 0.3) is 0 Å². The molecule has 21 heavy (non-hydrogen) atoms. The number of carbonyl (C=O) groups is 1. The third kappa shape index (κ3) is 5.15. The highest BCUT2D eigenvalue weighted by Gasteiger charge is 2.23. The number of amides is 2. The van der Waals surface area contributed by atoms with Crippen molar-refractivity contribution in [1.29, 1.82) is 0 Å². The van der Waals surface area contributed by atoms with Gasteiger partial charge in [0, 0.05) is 26.2 Å². The molecule has 0 aromatic heterocycles. The lowest BCUT2D eigenvalue weighted by molar-refractivity contribution is 0.134. The lowest BCUT2D eigenvalue weighted by Gasteiger charge is -2.34. The van der Waals surface area contributed by atoms with Crippen molar-refractivity contribution in [2.24, 2.45) is 11.8 Å². The standard InChI is InChI=1S/C16H31N3O2/c1-2-7-18-8-3-14(4-9-18)12-17-16(21)19-10-5-15(13-20)6-11-19/h14-15,20H,2-13H2,1H3,(H,17,21). The Morgan fingerprint density at radius 1 is 1.10 bits per heavy atom. The predicted octanol–water partition coefficient (Wildman–Crippen LogP) is 1.52. The maximum atomic E-state index is 12.1. The fourth-order valence-electron chi connectivity index (χ4n) is 3.39. The van der Waals surface area contributed by atoms with Gasteiger partial charge in [-0.25, -0.2) is 4.79 Å². The van der Waals surface area contributed by atoms with Crippen LogP contribution in [0.15, 0.2) is 0 Å². The molecule has 0 saturated carbocycles. The molecule has 0 bridgehead atoms. The third-order valence-corrected chi connectivity index (χ3v) is 4.95. The Morgan fingerprint density at radius 2 is 1.71 bits per heavy atom. The van der Waals surface area contributed by atoms with Gasteiger partial charge in [0.05, 0.1) is 0 Å². The number of nitrogens with zero attached hydrogens (tertiary/aromatic N) is 2. The molecule has 0 spiro atoms. The van der Waals surface area contributed by atoms with Gasteiger partial charge < -0.3 is 20.2 Å². The monoisotopic (exact) mass is 297 g/mol. The van der Waals surface area contributed by atoms with E-state index in [0.717, 1.165) is 32.5 Å². The average Bonchev–Trinajstić information content (AvgIpc) is 2.54. The van der Waals surface area contributed by atoms with Crippen molar-refractivity contribution in [2.75, 3.05) is 45.9 Å². The number of hydrogen-bond donors (Lipinski definition) is 2. The second kappa shape index (κ2) is 8.59. The van der Waals surface area contributed by atoms with Crippen LogP contribution >= 0.6 is 0 Å². The van der Waals surface area contributed by atoms with E-state index in [-0.39, 0.29) is 12.6 Å². The van der Waals surface area contributed by atoms with Gasteiger partial charge in [0.1, 0.15) is 0 Å². The number of piperidine rings is 2. The minimum absolute atomic E-state index is 0.0855. The van der Waals surface area contributed by atoms with E-state index in [9.17, 15) is 4.79 Å². The Hall–Kier alpha value is -0.810. The normalized spacial score (nSPS) is 22.5. The first kappa shape index (κ1) is 16.6. The molecule has 122 valence electrons. The van der Waals surface area contributed by atoms with E-state index >= 15 is 0 Å². The minimum atomic E-state index is 0.0855. The van der Waals surface area contributed by atoms with Crippen LogP contribution in [0.2, 0.25) is 0 Å². The summed E-state index contributed by atoms with van der Waals surface area (Å²) in [6.07, 6.45) is 5.49. The zero-order valence-electron chi connectivity index (χ0n) is 13.4. The molecule has 2 amide bonds. The molecule has 2 aliphatic rings. The van der Waals surface area contributed by atoms with Crippen LogP contribution in [0, 0.1) is 11.8 Å². The number of aliphatic hydroxyl groups is 1. The van der Waals surface area contributed by atoms with Gasteiger partial charge in [-0.2, -0.15) is 0 Å². The van der Waals surface area contributed by atoms with Crippen molar-refractivity contribution in [3.8, 4) is 0 Å². The predicted molar refractivity (Wildman–Crippen MR) is 84.2 cm³/mol. The van der Waals surface area contributed by atoms with Gasteiger partial charge in [0.2, 0.25) is 0 Å². The van der Waals surface area contributed by atoms with Gasteiger partial charge in [0.15, 0.2) is 0 Å². The van der Waals surface area contributed by atoms with Crippen LogP contribution in [0.4, 0.5) is 4.79 Å². The largest absolute Gasteiger partial charge is 0.396 e. The summed E-state index contributed by atoms with van der Waals surface area (Å²) in [6.45, 7) is 8.43. The first-order chi connectivity index (χ1) is 10.2. The molecule has 2 aliphatic heterocycles. The smallest absolute Gasteiger partial charge is 0.317 e. The summed E-state index contributed by atoms with van der Waals surface area (Å²) >= 11 is 0. The van der Waals surface area contributed by atoms with Crippen LogP contribution in [0.1, 0.15) is 39.0 Å². The lowest BCUT2D eigenvalue weighted by atomic mass is 9.96. The molecule has 0 atom stereocenters. The number of carbonyl (C=O) groups excluding carboxylic acids is 1. The molecule has 2 N–H and O–H groups in total. The van der Waals surface area contributed by atoms with Crippen molar-refractivity contribution in [2.45, 2.75) is 39.0 Å². The summed E-state index contributed by atoms with van der Waals surface area (Å²) in [4.78, 5) is 16.6. The molecule has 2 rings (SSSR count). The number of urea groups is 1. The van der Waals surface area contributed by atoms with Gasteiger partial charge in [-0.15, -0.1) is 0 Å². The molecule has 0 radical (unpaired) electrons. The molecule has 2 saturated heterocycles. The maximum absolute atomic E-state index is 12.1. The molecule has 0 aromatic carbocycles. The lowest BCUT2D eigenvalue weighted by Crippen LogP contribution is -2.47. The van der Waals surface area contributed by atoms with E-state index in [1.165, 1.54) is 38.9 Å². The first-order valence-electron chi connectivity index (χ1n) is 8.59. The van der Waals surface area contributed by atoms with E-state index in [2.05, 4.69) is 17.1 Å². The van der Waals surface area contributed by atoms with E-state index in [0.29, 0.717) is 11.8 Å². The van der Waals surface area contributed by atoms with Crippen LogP contribution in [-0.2, 0) is 0 Å².